The van der Waals surface area contributed by atoms with Crippen molar-refractivity contribution in [3.05, 3.63) is 15.6 Å². The normalized spacial score (nSPS) is 30.9. The number of aromatic nitrogens is 1. The van der Waals surface area contributed by atoms with Gasteiger partial charge in [-0.05, 0) is 53.0 Å². The number of aryl methyl sites for hydroxylation is 2. The van der Waals surface area contributed by atoms with Crippen molar-refractivity contribution in [1.82, 2.24) is 15.2 Å². The first kappa shape index (κ1) is 14.5. The summed E-state index contributed by atoms with van der Waals surface area (Å²) in [5.74, 6) is 0. The van der Waals surface area contributed by atoms with E-state index in [1.165, 1.54) is 41.3 Å². The van der Waals surface area contributed by atoms with Gasteiger partial charge in [0.1, 0.15) is 0 Å². The molecule has 1 N–H and O–H groups in total. The molecule has 2 saturated heterocycles. The standard InChI is InChI=1S/C16H27N3S/c1-5-19(10(2)16-11(3)20-12(4)17-16)15-8-13-6-7-14(9-15)18-13/h10,13-15,18H,5-9H2,1-4H3. The molecule has 1 aromatic heterocycles. The van der Waals surface area contributed by atoms with E-state index in [0.29, 0.717) is 6.04 Å². The predicted octanol–water partition coefficient (Wildman–Crippen LogP) is 3.43. The van der Waals surface area contributed by atoms with E-state index in [1.54, 1.807) is 0 Å². The average Bonchev–Trinajstić information content (AvgIpc) is 2.92. The first-order chi connectivity index (χ1) is 9.58. The average molecular weight is 293 g/mol. The summed E-state index contributed by atoms with van der Waals surface area (Å²) in [5.41, 5.74) is 1.31. The smallest absolute Gasteiger partial charge is 0.0900 e. The van der Waals surface area contributed by atoms with Gasteiger partial charge in [0.25, 0.3) is 0 Å². The Kier molecular flexibility index (Phi) is 4.16. The van der Waals surface area contributed by atoms with Gasteiger partial charge >= 0.3 is 0 Å². The van der Waals surface area contributed by atoms with Crippen molar-refractivity contribution in [2.75, 3.05) is 6.54 Å². The number of nitrogens with zero attached hydrogens (tertiary/aromatic N) is 2. The summed E-state index contributed by atoms with van der Waals surface area (Å²) in [4.78, 5) is 8.87. The Morgan fingerprint density at radius 2 is 1.95 bits per heavy atom. The van der Waals surface area contributed by atoms with Gasteiger partial charge in [0, 0.05) is 23.0 Å². The van der Waals surface area contributed by atoms with Crippen LogP contribution in [0.15, 0.2) is 0 Å². The summed E-state index contributed by atoms with van der Waals surface area (Å²) < 4.78 is 0. The fourth-order valence-corrected chi connectivity index (χ4v) is 5.14. The minimum atomic E-state index is 0.451. The van der Waals surface area contributed by atoms with Crippen LogP contribution in [-0.4, -0.2) is 34.6 Å². The minimum absolute atomic E-state index is 0.451. The molecule has 3 heterocycles. The van der Waals surface area contributed by atoms with Crippen LogP contribution in [0.1, 0.15) is 61.2 Å². The maximum absolute atomic E-state index is 4.79. The molecule has 2 aliphatic heterocycles. The summed E-state index contributed by atoms with van der Waals surface area (Å²) in [6, 6.07) is 2.71. The molecule has 0 spiro atoms. The zero-order chi connectivity index (χ0) is 14.3. The molecule has 2 bridgehead atoms. The van der Waals surface area contributed by atoms with Crippen molar-refractivity contribution < 1.29 is 0 Å². The van der Waals surface area contributed by atoms with Crippen LogP contribution in [0.2, 0.25) is 0 Å². The summed E-state index contributed by atoms with van der Waals surface area (Å²) in [6.07, 6.45) is 5.39. The number of hydrogen-bond donors (Lipinski definition) is 1. The first-order valence-corrected chi connectivity index (χ1v) is 8.85. The molecule has 0 amide bonds. The van der Waals surface area contributed by atoms with Gasteiger partial charge in [0.2, 0.25) is 0 Å². The number of hydrogen-bond acceptors (Lipinski definition) is 4. The van der Waals surface area contributed by atoms with Crippen molar-refractivity contribution in [2.45, 2.75) is 77.5 Å². The van der Waals surface area contributed by atoms with E-state index in [2.05, 4.69) is 37.9 Å². The Balaban J connectivity index is 1.77. The topological polar surface area (TPSA) is 28.2 Å². The lowest BCUT2D eigenvalue weighted by molar-refractivity contribution is 0.106. The van der Waals surface area contributed by atoms with Crippen molar-refractivity contribution in [2.24, 2.45) is 0 Å². The maximum Gasteiger partial charge on any atom is 0.0900 e. The highest BCUT2D eigenvalue weighted by Gasteiger charge is 2.37. The van der Waals surface area contributed by atoms with E-state index in [4.69, 9.17) is 4.98 Å². The Bertz CT molecular complexity index is 458. The van der Waals surface area contributed by atoms with Gasteiger partial charge in [-0.15, -0.1) is 11.3 Å². The molecule has 20 heavy (non-hydrogen) atoms. The van der Waals surface area contributed by atoms with E-state index in [9.17, 15) is 0 Å². The predicted molar refractivity (Wildman–Crippen MR) is 85.4 cm³/mol. The molecule has 3 rings (SSSR count). The molecule has 2 aliphatic rings. The minimum Gasteiger partial charge on any atom is -0.311 e. The highest BCUT2D eigenvalue weighted by Crippen LogP contribution is 2.35. The van der Waals surface area contributed by atoms with Gasteiger partial charge in [-0.3, -0.25) is 4.90 Å². The lowest BCUT2D eigenvalue weighted by Gasteiger charge is -2.40. The first-order valence-electron chi connectivity index (χ1n) is 8.04. The van der Waals surface area contributed by atoms with Gasteiger partial charge in [0.05, 0.1) is 16.7 Å². The third kappa shape index (κ3) is 2.66. The SMILES string of the molecule is CCN(C1CC2CCC(C1)N2)C(C)c1nc(C)sc1C. The molecular weight excluding hydrogens is 266 g/mol. The summed E-state index contributed by atoms with van der Waals surface area (Å²) in [5, 5.41) is 4.95. The van der Waals surface area contributed by atoms with Crippen LogP contribution < -0.4 is 5.32 Å². The number of rotatable bonds is 4. The number of thiazole rings is 1. The summed E-state index contributed by atoms with van der Waals surface area (Å²) >= 11 is 1.84. The van der Waals surface area contributed by atoms with E-state index < -0.39 is 0 Å². The Morgan fingerprint density at radius 1 is 1.30 bits per heavy atom. The lowest BCUT2D eigenvalue weighted by atomic mass is 9.96. The highest BCUT2D eigenvalue weighted by atomic mass is 32.1. The second kappa shape index (κ2) is 5.74. The fraction of sp³-hybridized carbons (Fsp3) is 0.812. The molecule has 112 valence electrons. The molecule has 0 aromatic carbocycles. The Labute approximate surface area is 126 Å². The third-order valence-electron chi connectivity index (χ3n) is 5.11. The zero-order valence-corrected chi connectivity index (χ0v) is 14.0. The van der Waals surface area contributed by atoms with Gasteiger partial charge in [-0.1, -0.05) is 6.92 Å². The molecular formula is C16H27N3S. The van der Waals surface area contributed by atoms with Crippen molar-refractivity contribution >= 4 is 11.3 Å². The van der Waals surface area contributed by atoms with Gasteiger partial charge in [-0.25, -0.2) is 4.98 Å². The zero-order valence-electron chi connectivity index (χ0n) is 13.1. The Morgan fingerprint density at radius 3 is 2.45 bits per heavy atom. The molecule has 0 aliphatic carbocycles. The monoisotopic (exact) mass is 293 g/mol. The van der Waals surface area contributed by atoms with Crippen LogP contribution >= 0.6 is 11.3 Å². The lowest BCUT2D eigenvalue weighted by Crippen LogP contribution is -2.49. The molecule has 3 atom stereocenters. The summed E-state index contributed by atoms with van der Waals surface area (Å²) in [7, 11) is 0. The molecule has 3 unspecified atom stereocenters. The Hall–Kier alpha value is -0.450. The maximum atomic E-state index is 4.79. The molecule has 2 fully saturated rings. The van der Waals surface area contributed by atoms with Gasteiger partial charge in [-0.2, -0.15) is 0 Å². The number of piperidine rings is 1. The van der Waals surface area contributed by atoms with Crippen LogP contribution in [0.3, 0.4) is 0 Å². The van der Waals surface area contributed by atoms with E-state index in [-0.39, 0.29) is 0 Å². The highest BCUT2D eigenvalue weighted by molar-refractivity contribution is 7.11. The van der Waals surface area contributed by atoms with Crippen molar-refractivity contribution in [3.8, 4) is 0 Å². The molecule has 0 radical (unpaired) electrons. The van der Waals surface area contributed by atoms with Crippen LogP contribution in [-0.2, 0) is 0 Å². The second-order valence-electron chi connectivity index (χ2n) is 6.44. The summed E-state index contributed by atoms with van der Waals surface area (Å²) in [6.45, 7) is 10.1. The molecule has 4 heteroatoms. The van der Waals surface area contributed by atoms with Gasteiger partial charge in [0.15, 0.2) is 0 Å². The largest absolute Gasteiger partial charge is 0.311 e. The van der Waals surface area contributed by atoms with Crippen LogP contribution in [0.5, 0.6) is 0 Å². The van der Waals surface area contributed by atoms with Gasteiger partial charge < -0.3 is 5.32 Å². The van der Waals surface area contributed by atoms with E-state index in [1.807, 2.05) is 11.3 Å². The van der Waals surface area contributed by atoms with Crippen molar-refractivity contribution in [1.29, 1.82) is 0 Å². The van der Waals surface area contributed by atoms with E-state index >= 15 is 0 Å². The molecule has 1 aromatic rings. The number of fused-ring (bicyclic) bond motifs is 2. The van der Waals surface area contributed by atoms with Crippen LogP contribution in [0.25, 0.3) is 0 Å². The van der Waals surface area contributed by atoms with Crippen LogP contribution in [0.4, 0.5) is 0 Å². The van der Waals surface area contributed by atoms with Crippen LogP contribution in [0, 0.1) is 13.8 Å². The third-order valence-corrected chi connectivity index (χ3v) is 6.02. The van der Waals surface area contributed by atoms with E-state index in [0.717, 1.165) is 24.7 Å². The molecule has 0 saturated carbocycles. The fourth-order valence-electron chi connectivity index (χ4n) is 4.24. The quantitative estimate of drug-likeness (QED) is 0.922. The molecule has 3 nitrogen and oxygen atoms in total. The van der Waals surface area contributed by atoms with Crippen molar-refractivity contribution in [3.63, 3.8) is 0 Å². The second-order valence-corrected chi connectivity index (χ2v) is 7.85. The number of nitrogens with one attached hydrogen (secondary N) is 1.